The van der Waals surface area contributed by atoms with E-state index in [-0.39, 0.29) is 12.4 Å². The zero-order chi connectivity index (χ0) is 35.2. The fourth-order valence-corrected chi connectivity index (χ4v) is 8.36. The van der Waals surface area contributed by atoms with Crippen LogP contribution in [-0.2, 0) is 27.2 Å². The minimum Gasteiger partial charge on any atom is -0.493 e. The maximum absolute atomic E-state index is 13.6. The van der Waals surface area contributed by atoms with Crippen molar-refractivity contribution in [1.29, 1.82) is 0 Å². The number of thiophene rings is 1. The van der Waals surface area contributed by atoms with E-state index >= 15 is 0 Å². The molecule has 2 unspecified atom stereocenters. The first-order valence-electron chi connectivity index (χ1n) is 16.7. The molecule has 0 amide bonds. The largest absolute Gasteiger partial charge is 0.493 e. The molecule has 2 saturated heterocycles. The van der Waals surface area contributed by atoms with Crippen molar-refractivity contribution in [3.05, 3.63) is 110 Å². The Morgan fingerprint density at radius 3 is 2.32 bits per heavy atom. The summed E-state index contributed by atoms with van der Waals surface area (Å²) in [6.07, 6.45) is 7.04. The Balaban J connectivity index is 1.13. The Morgan fingerprint density at radius 2 is 1.64 bits per heavy atom. The second-order valence-corrected chi connectivity index (χ2v) is 14.8. The van der Waals surface area contributed by atoms with Crippen LogP contribution < -0.4 is 14.8 Å². The number of benzene rings is 2. The molecule has 2 fully saturated rings. The number of carbonyl (C=O) groups is 2. The molecule has 12 heteroatoms. The van der Waals surface area contributed by atoms with Crippen LogP contribution in [-0.4, -0.2) is 61.8 Å². The van der Waals surface area contributed by atoms with E-state index in [0.29, 0.717) is 68.7 Å². The molecule has 0 spiro atoms. The Morgan fingerprint density at radius 1 is 0.940 bits per heavy atom. The van der Waals surface area contributed by atoms with Gasteiger partial charge in [0, 0.05) is 42.3 Å². The van der Waals surface area contributed by atoms with Crippen molar-refractivity contribution in [2.45, 2.75) is 62.9 Å². The van der Waals surface area contributed by atoms with Crippen molar-refractivity contribution in [1.82, 2.24) is 15.2 Å². The van der Waals surface area contributed by atoms with Gasteiger partial charge in [0.25, 0.3) is 0 Å². The smallest absolute Gasteiger partial charge is 0.348 e. The quantitative estimate of drug-likeness (QED) is 0.130. The predicted octanol–water partition coefficient (Wildman–Crippen LogP) is 7.85. The number of halogens is 2. The van der Waals surface area contributed by atoms with E-state index in [1.807, 2.05) is 42.5 Å². The average molecular weight is 739 g/mol. The lowest BCUT2D eigenvalue weighted by Gasteiger charge is -2.36. The number of carbonyl (C=O) groups excluding carboxylic acids is 2. The number of piperidine rings is 1. The molecular weight excluding hydrogens is 697 g/mol. The van der Waals surface area contributed by atoms with E-state index in [4.69, 9.17) is 42.1 Å². The molecule has 0 radical (unpaired) electrons. The molecule has 264 valence electrons. The first-order chi connectivity index (χ1) is 24.2. The molecular formula is C38H41Cl2N3O6S. The molecule has 0 aliphatic carbocycles. The zero-order valence-corrected chi connectivity index (χ0v) is 30.6. The number of aromatic nitrogens is 1. The first kappa shape index (κ1) is 36.1. The van der Waals surface area contributed by atoms with Gasteiger partial charge in [-0.25, -0.2) is 9.59 Å². The molecule has 50 heavy (non-hydrogen) atoms. The van der Waals surface area contributed by atoms with Crippen LogP contribution in [0.4, 0.5) is 0 Å². The normalized spacial score (nSPS) is 19.8. The molecule has 5 atom stereocenters. The Labute approximate surface area is 306 Å². The Bertz CT molecular complexity index is 1760. The minimum absolute atomic E-state index is 0.209. The number of hydrogen-bond acceptors (Lipinski definition) is 10. The van der Waals surface area contributed by atoms with Crippen molar-refractivity contribution >= 4 is 46.5 Å². The van der Waals surface area contributed by atoms with Gasteiger partial charge in [0.15, 0.2) is 11.5 Å². The van der Waals surface area contributed by atoms with Gasteiger partial charge >= 0.3 is 11.9 Å². The molecule has 9 nitrogen and oxygen atoms in total. The minimum atomic E-state index is -0.750. The van der Waals surface area contributed by atoms with Crippen molar-refractivity contribution in [3.8, 4) is 11.5 Å². The fraction of sp³-hybridized carbons (Fsp3) is 0.395. The molecule has 0 saturated carbocycles. The van der Waals surface area contributed by atoms with Gasteiger partial charge in [0.2, 0.25) is 0 Å². The third kappa shape index (κ3) is 8.44. The summed E-state index contributed by atoms with van der Waals surface area (Å²) >= 11 is 14.2. The molecule has 4 aromatic rings. The van der Waals surface area contributed by atoms with Crippen molar-refractivity contribution in [2.75, 3.05) is 27.9 Å². The van der Waals surface area contributed by atoms with Gasteiger partial charge < -0.3 is 23.8 Å². The molecule has 2 aromatic heterocycles. The third-order valence-corrected chi connectivity index (χ3v) is 11.5. The Hall–Kier alpha value is -3.67. The number of fused-ring (bicyclic) bond motifs is 2. The van der Waals surface area contributed by atoms with Gasteiger partial charge in [-0.2, -0.15) is 0 Å². The van der Waals surface area contributed by atoms with E-state index in [1.54, 1.807) is 32.4 Å². The summed E-state index contributed by atoms with van der Waals surface area (Å²) in [5, 5.41) is 4.12. The van der Waals surface area contributed by atoms with Crippen LogP contribution in [0.15, 0.2) is 73.1 Å². The maximum Gasteiger partial charge on any atom is 0.348 e. The summed E-state index contributed by atoms with van der Waals surface area (Å²) < 4.78 is 23.0. The van der Waals surface area contributed by atoms with E-state index in [9.17, 15) is 9.59 Å². The van der Waals surface area contributed by atoms with Gasteiger partial charge in [0.05, 0.1) is 30.9 Å². The highest BCUT2D eigenvalue weighted by molar-refractivity contribution is 7.13. The number of hydrogen-bond donors (Lipinski definition) is 1. The number of nitrogens with zero attached hydrogens (tertiary/aromatic N) is 2. The summed E-state index contributed by atoms with van der Waals surface area (Å²) in [5.41, 5.74) is 2.10. The second-order valence-electron chi connectivity index (χ2n) is 12.8. The Kier molecular flexibility index (Phi) is 12.0. The van der Waals surface area contributed by atoms with Crippen molar-refractivity contribution in [3.63, 3.8) is 0 Å². The van der Waals surface area contributed by atoms with Crippen LogP contribution >= 0.6 is 34.5 Å². The molecule has 4 heterocycles. The van der Waals surface area contributed by atoms with Gasteiger partial charge in [-0.05, 0) is 79.6 Å². The molecule has 6 rings (SSSR count). The van der Waals surface area contributed by atoms with Gasteiger partial charge in [-0.3, -0.25) is 10.3 Å². The highest BCUT2D eigenvalue weighted by atomic mass is 35.5. The van der Waals surface area contributed by atoms with Crippen LogP contribution in [0.1, 0.15) is 69.1 Å². The molecule has 2 aromatic carbocycles. The number of nitrogens with one attached hydrogen (secondary N) is 1. The standard InChI is InChI=1S/C38H41Cl2N3O6S/c1-43-26-10-11-27(43)16-23(15-26)22-48-38(45)36(24-7-5-4-6-8-24)42-19-28-12-14-35(50-28)37(44)49-33(18-29-30(39)20-41-21-31(29)40)25-9-13-32(46-2)34(17-25)47-3/h4-9,12-14,17,20-21,23,26-27,33,36,42H,10-11,15-16,18-19,22H2,1-3H3/t23?,26-,27+,33-,36?/m0/s1. The number of rotatable bonds is 14. The average Bonchev–Trinajstić information content (AvgIpc) is 3.67. The van der Waals surface area contributed by atoms with Crippen LogP contribution in [0.5, 0.6) is 11.5 Å². The SMILES string of the molecule is COc1ccc([C@H](Cc2c(Cl)cncc2Cl)OC(=O)c2ccc(CNC(C(=O)OCC3C[C@H]4CC[C@@H](C3)N4C)c3ccccc3)s2)cc1OC. The van der Waals surface area contributed by atoms with Crippen molar-refractivity contribution < 1.29 is 28.5 Å². The van der Waals surface area contributed by atoms with Crippen LogP contribution in [0, 0.1) is 5.92 Å². The second kappa shape index (κ2) is 16.6. The monoisotopic (exact) mass is 737 g/mol. The van der Waals surface area contributed by atoms with Gasteiger partial charge in [-0.1, -0.05) is 59.6 Å². The summed E-state index contributed by atoms with van der Waals surface area (Å²) in [6, 6.07) is 19.0. The lowest BCUT2D eigenvalue weighted by atomic mass is 9.92. The summed E-state index contributed by atoms with van der Waals surface area (Å²) in [6.45, 7) is 0.781. The number of pyridine rings is 1. The zero-order valence-electron chi connectivity index (χ0n) is 28.3. The third-order valence-electron chi connectivity index (χ3n) is 9.74. The lowest BCUT2D eigenvalue weighted by molar-refractivity contribution is -0.148. The van der Waals surface area contributed by atoms with Gasteiger partial charge in [0.1, 0.15) is 17.0 Å². The molecule has 2 bridgehead atoms. The lowest BCUT2D eigenvalue weighted by Crippen LogP contribution is -2.41. The first-order valence-corrected chi connectivity index (χ1v) is 18.3. The van der Waals surface area contributed by atoms with Crippen LogP contribution in [0.2, 0.25) is 10.0 Å². The van der Waals surface area contributed by atoms with Crippen molar-refractivity contribution in [2.24, 2.45) is 5.92 Å². The van der Waals surface area contributed by atoms with E-state index in [1.165, 1.54) is 36.6 Å². The van der Waals surface area contributed by atoms with Gasteiger partial charge in [-0.15, -0.1) is 11.3 Å². The highest BCUT2D eigenvalue weighted by Gasteiger charge is 2.39. The topological polar surface area (TPSA) is 99.2 Å². The molecule has 2 aliphatic heterocycles. The summed E-state index contributed by atoms with van der Waals surface area (Å²) in [4.78, 5) is 34.9. The number of methoxy groups -OCH3 is 2. The molecule has 2 aliphatic rings. The van der Waals surface area contributed by atoms with E-state index in [2.05, 4.69) is 22.2 Å². The number of esters is 2. The van der Waals surface area contributed by atoms with Crippen LogP contribution in [0.25, 0.3) is 0 Å². The summed E-state index contributed by atoms with van der Waals surface area (Å²) in [5.74, 6) is 0.609. The fourth-order valence-electron chi connectivity index (χ4n) is 7.00. The predicted molar refractivity (Wildman–Crippen MR) is 194 cm³/mol. The number of ether oxygens (including phenoxy) is 4. The summed E-state index contributed by atoms with van der Waals surface area (Å²) in [7, 11) is 5.31. The van der Waals surface area contributed by atoms with E-state index < -0.39 is 18.1 Å². The van der Waals surface area contributed by atoms with Crippen LogP contribution in [0.3, 0.4) is 0 Å². The maximum atomic E-state index is 13.6. The molecule has 1 N–H and O–H groups in total. The van der Waals surface area contributed by atoms with E-state index in [0.717, 1.165) is 23.3 Å². The highest BCUT2D eigenvalue weighted by Crippen LogP contribution is 2.38.